The number of dihydropyridines is 1. The van der Waals surface area contributed by atoms with Crippen LogP contribution in [0.3, 0.4) is 0 Å². The normalized spacial score (nSPS) is 23.6. The Hall–Kier alpha value is -2.51. The highest BCUT2D eigenvalue weighted by Crippen LogP contribution is 2.25. The quantitative estimate of drug-likeness (QED) is 0.700. The molecule has 4 amide bonds. The molecule has 0 aliphatic carbocycles. The number of hydrogen-bond acceptors (Lipinski definition) is 5. The molecule has 0 aromatic rings. The van der Waals surface area contributed by atoms with E-state index in [2.05, 4.69) is 4.99 Å². The summed E-state index contributed by atoms with van der Waals surface area (Å²) in [6.07, 6.45) is 7.28. The highest BCUT2D eigenvalue weighted by Gasteiger charge is 2.50. The zero-order chi connectivity index (χ0) is 18.7. The number of rotatable bonds is 4. The van der Waals surface area contributed by atoms with E-state index in [4.69, 9.17) is 4.74 Å². The summed E-state index contributed by atoms with van der Waals surface area (Å²) in [6.45, 7) is 3.35. The minimum absolute atomic E-state index is 0.188. The first-order valence-corrected chi connectivity index (χ1v) is 9.15. The van der Waals surface area contributed by atoms with Crippen LogP contribution in [0.1, 0.15) is 32.6 Å². The Balaban J connectivity index is 1.82. The van der Waals surface area contributed by atoms with Gasteiger partial charge >= 0.3 is 11.9 Å². The molecule has 3 heterocycles. The largest absolute Gasteiger partial charge is 0.497 e. The molecule has 0 aromatic heterocycles. The number of aliphatic imine (C=N–C) groups is 1. The number of ether oxygens (including phenoxy) is 1. The van der Waals surface area contributed by atoms with Crippen molar-refractivity contribution in [1.29, 1.82) is 0 Å². The van der Waals surface area contributed by atoms with Crippen LogP contribution in [0.25, 0.3) is 0 Å². The smallest absolute Gasteiger partial charge is 0.446 e. The molecule has 3 aliphatic heterocycles. The zero-order valence-electron chi connectivity index (χ0n) is 15.3. The van der Waals surface area contributed by atoms with E-state index >= 15 is 0 Å². The Labute approximate surface area is 152 Å². The monoisotopic (exact) mass is 361 g/mol. The van der Waals surface area contributed by atoms with Gasteiger partial charge in [-0.2, -0.15) is 9.48 Å². The second-order valence-corrected chi connectivity index (χ2v) is 6.63. The van der Waals surface area contributed by atoms with Crippen molar-refractivity contribution < 1.29 is 23.7 Å². The molecule has 0 saturated carbocycles. The molecular weight excluding hydrogens is 336 g/mol. The van der Waals surface area contributed by atoms with Crippen molar-refractivity contribution in [3.63, 3.8) is 0 Å². The molecule has 0 bridgehead atoms. The second-order valence-electron chi connectivity index (χ2n) is 6.63. The molecule has 3 rings (SSSR count). The average Bonchev–Trinajstić information content (AvgIpc) is 2.93. The third-order valence-electron chi connectivity index (χ3n) is 4.93. The molecule has 0 aromatic carbocycles. The van der Waals surface area contributed by atoms with Gasteiger partial charge in [0, 0.05) is 19.2 Å². The number of hydrogen-bond donors (Lipinski definition) is 0. The predicted molar refractivity (Wildman–Crippen MR) is 95.0 cm³/mol. The Morgan fingerprint density at radius 1 is 1.27 bits per heavy atom. The summed E-state index contributed by atoms with van der Waals surface area (Å²) in [5.74, 6) is -0.632. The number of likely N-dealkylation sites (tertiary alicyclic amines) is 1. The van der Waals surface area contributed by atoms with Crippen molar-refractivity contribution in [2.24, 2.45) is 10.9 Å². The van der Waals surface area contributed by atoms with Crippen molar-refractivity contribution in [1.82, 2.24) is 9.80 Å². The molecule has 1 saturated heterocycles. The molecule has 3 aliphatic rings. The van der Waals surface area contributed by atoms with Crippen LogP contribution in [-0.2, 0) is 14.3 Å². The van der Waals surface area contributed by atoms with Gasteiger partial charge in [0.15, 0.2) is 12.5 Å². The van der Waals surface area contributed by atoms with Crippen molar-refractivity contribution >= 4 is 29.9 Å². The number of fused-ring (bicyclic) bond motifs is 1. The van der Waals surface area contributed by atoms with Crippen LogP contribution in [0, 0.1) is 5.92 Å². The lowest BCUT2D eigenvalue weighted by molar-refractivity contribution is -0.408. The molecule has 1 fully saturated rings. The van der Waals surface area contributed by atoms with Gasteiger partial charge in [0.05, 0.1) is 13.7 Å². The number of carbonyl (C=O) groups is 3. The topological polar surface area (TPSA) is 82.3 Å². The van der Waals surface area contributed by atoms with Crippen molar-refractivity contribution in [3.8, 4) is 0 Å². The van der Waals surface area contributed by atoms with Gasteiger partial charge in [-0.25, -0.2) is 4.79 Å². The number of allylic oxidation sites excluding steroid dienone is 1. The maximum Gasteiger partial charge on any atom is 0.446 e. The van der Waals surface area contributed by atoms with Gasteiger partial charge in [0.25, 0.3) is 11.7 Å². The Morgan fingerprint density at radius 2 is 1.96 bits per heavy atom. The number of carbonyl (C=O) groups excluding carboxylic acids is 3. The first-order chi connectivity index (χ1) is 12.5. The van der Waals surface area contributed by atoms with E-state index in [1.54, 1.807) is 18.0 Å². The van der Waals surface area contributed by atoms with Gasteiger partial charge in [0.1, 0.15) is 12.0 Å². The summed E-state index contributed by atoms with van der Waals surface area (Å²) in [5.41, 5.74) is 0. The lowest BCUT2D eigenvalue weighted by Crippen LogP contribution is -2.57. The molecule has 1 atom stereocenters. The van der Waals surface area contributed by atoms with Crippen LogP contribution in [0.15, 0.2) is 16.8 Å². The number of imide groups is 1. The fraction of sp³-hybridized carbons (Fsp3) is 0.611. The van der Waals surface area contributed by atoms with Gasteiger partial charge in [-0.15, -0.1) is 4.99 Å². The van der Waals surface area contributed by atoms with Crippen LogP contribution in [0.5, 0.6) is 0 Å². The molecule has 0 spiro atoms. The molecule has 0 radical (unpaired) electrons. The van der Waals surface area contributed by atoms with Crippen LogP contribution in [0.4, 0.5) is 4.79 Å². The molecule has 0 N–H and O–H groups in total. The van der Waals surface area contributed by atoms with Gasteiger partial charge in [-0.3, -0.25) is 9.59 Å². The van der Waals surface area contributed by atoms with Crippen LogP contribution < -0.4 is 0 Å². The SMILES string of the molecule is CCOC1=CC=NC2=[N+](C)C(=O)N(CC(=O)N3CCCCCC3)C(=O)C12. The number of amidine groups is 1. The maximum atomic E-state index is 13.0. The minimum Gasteiger partial charge on any atom is -0.497 e. The summed E-state index contributed by atoms with van der Waals surface area (Å²) < 4.78 is 6.88. The lowest BCUT2D eigenvalue weighted by Gasteiger charge is -2.29. The van der Waals surface area contributed by atoms with Crippen molar-refractivity contribution in [2.75, 3.05) is 33.3 Å². The maximum absolute atomic E-state index is 13.0. The van der Waals surface area contributed by atoms with Crippen LogP contribution in [-0.4, -0.2) is 77.6 Å². The molecule has 140 valence electrons. The van der Waals surface area contributed by atoms with Crippen molar-refractivity contribution in [3.05, 3.63) is 11.8 Å². The third kappa shape index (κ3) is 3.40. The minimum atomic E-state index is -0.778. The van der Waals surface area contributed by atoms with E-state index in [1.165, 1.54) is 10.8 Å². The molecule has 26 heavy (non-hydrogen) atoms. The van der Waals surface area contributed by atoms with Gasteiger partial charge in [0.2, 0.25) is 0 Å². The van der Waals surface area contributed by atoms with E-state index in [0.29, 0.717) is 31.3 Å². The highest BCUT2D eigenvalue weighted by molar-refractivity contribution is 6.16. The van der Waals surface area contributed by atoms with E-state index < -0.39 is 17.9 Å². The summed E-state index contributed by atoms with van der Waals surface area (Å²) in [4.78, 5) is 45.2. The fourth-order valence-electron chi connectivity index (χ4n) is 3.53. The summed E-state index contributed by atoms with van der Waals surface area (Å²) in [5, 5.41) is 0. The lowest BCUT2D eigenvalue weighted by atomic mass is 9.99. The van der Waals surface area contributed by atoms with Gasteiger partial charge in [-0.1, -0.05) is 12.8 Å². The summed E-state index contributed by atoms with van der Waals surface area (Å²) in [7, 11) is 1.56. The standard InChI is InChI=1S/C18H25N4O4/c1-3-26-13-8-9-19-16-15(13)17(24)22(18(25)20(16)2)12-14(23)21-10-6-4-5-7-11-21/h8-9,15H,3-7,10-12H2,1-2H3/q+1. The number of nitrogens with zero attached hydrogens (tertiary/aromatic N) is 4. The first kappa shape index (κ1) is 18.3. The van der Waals surface area contributed by atoms with Gasteiger partial charge in [-0.05, 0) is 19.8 Å². The Kier molecular flexibility index (Phi) is 5.49. The zero-order valence-corrected chi connectivity index (χ0v) is 15.3. The van der Waals surface area contributed by atoms with Crippen LogP contribution in [0.2, 0.25) is 0 Å². The van der Waals surface area contributed by atoms with Crippen LogP contribution >= 0.6 is 0 Å². The third-order valence-corrected chi connectivity index (χ3v) is 4.93. The fourth-order valence-corrected chi connectivity index (χ4v) is 3.53. The number of urea groups is 1. The van der Waals surface area contributed by atoms with Gasteiger partial charge < -0.3 is 9.64 Å². The van der Waals surface area contributed by atoms with Crippen molar-refractivity contribution in [2.45, 2.75) is 32.6 Å². The second kappa shape index (κ2) is 7.80. The molecule has 8 nitrogen and oxygen atoms in total. The highest BCUT2D eigenvalue weighted by atomic mass is 16.5. The summed E-state index contributed by atoms with van der Waals surface area (Å²) in [6, 6.07) is -0.528. The Bertz CT molecular complexity index is 702. The summed E-state index contributed by atoms with van der Waals surface area (Å²) >= 11 is 0. The predicted octanol–water partition coefficient (Wildman–Crippen LogP) is 1.01. The Morgan fingerprint density at radius 3 is 2.62 bits per heavy atom. The molecular formula is C18H25N4O4+. The number of amides is 4. The van der Waals surface area contributed by atoms with E-state index in [-0.39, 0.29) is 12.5 Å². The molecule has 1 unspecified atom stereocenters. The van der Waals surface area contributed by atoms with E-state index in [0.717, 1.165) is 30.6 Å². The van der Waals surface area contributed by atoms with E-state index in [9.17, 15) is 14.4 Å². The van der Waals surface area contributed by atoms with E-state index in [1.807, 2.05) is 6.92 Å². The molecule has 8 heteroatoms. The average molecular weight is 361 g/mol. The first-order valence-electron chi connectivity index (χ1n) is 9.15.